The van der Waals surface area contributed by atoms with E-state index in [1.807, 2.05) is 0 Å². The van der Waals surface area contributed by atoms with Crippen molar-refractivity contribution >= 4 is 33.2 Å². The maximum Gasteiger partial charge on any atom is 0.240 e. The number of amides is 1. The zero-order valence-electron chi connectivity index (χ0n) is 15.0. The van der Waals surface area contributed by atoms with E-state index in [1.54, 1.807) is 44.2 Å². The third-order valence-electron chi connectivity index (χ3n) is 4.12. The number of rotatable bonds is 5. The topological polar surface area (TPSA) is 84.5 Å². The summed E-state index contributed by atoms with van der Waals surface area (Å²) in [4.78, 5) is 12.7. The summed E-state index contributed by atoms with van der Waals surface area (Å²) >= 11 is 6.01. The van der Waals surface area contributed by atoms with E-state index in [0.29, 0.717) is 17.1 Å². The molecule has 1 aliphatic heterocycles. The molecule has 8 heteroatoms. The first-order chi connectivity index (χ1) is 12.7. The molecule has 3 rings (SSSR count). The van der Waals surface area contributed by atoms with Crippen molar-refractivity contribution in [3.63, 3.8) is 0 Å². The van der Waals surface area contributed by atoms with Crippen LogP contribution in [0.15, 0.2) is 47.4 Å². The molecule has 6 nitrogen and oxygen atoms in total. The number of fused-ring (bicyclic) bond motifs is 1. The van der Waals surface area contributed by atoms with Crippen LogP contribution in [0.25, 0.3) is 0 Å². The first-order valence-corrected chi connectivity index (χ1v) is 10.5. The Morgan fingerprint density at radius 1 is 1.19 bits per heavy atom. The van der Waals surface area contributed by atoms with E-state index in [4.69, 9.17) is 16.3 Å². The molecule has 0 aliphatic carbocycles. The van der Waals surface area contributed by atoms with Crippen molar-refractivity contribution in [1.29, 1.82) is 0 Å². The average molecular weight is 409 g/mol. The third kappa shape index (κ3) is 4.80. The molecule has 1 heterocycles. The normalized spacial score (nSPS) is 16.5. The molecule has 1 amide bonds. The van der Waals surface area contributed by atoms with E-state index in [2.05, 4.69) is 10.0 Å². The number of carbonyl (C=O) groups excluding carboxylic acids is 1. The standard InChI is InChI=1S/C19H21ClN2O4S/c1-12(2)22-27(24,25)17-6-4-16(5-7-17)21-19(23)14-9-13-10-15(20)3-8-18(13)26-11-14/h3-8,10,12,14,22H,9,11H2,1-2H3,(H,21,23). The van der Waals surface area contributed by atoms with E-state index < -0.39 is 10.0 Å². The SMILES string of the molecule is CC(C)NS(=O)(=O)c1ccc(NC(=O)C2COc3ccc(Cl)cc3C2)cc1. The van der Waals surface area contributed by atoms with Crippen molar-refractivity contribution in [2.75, 3.05) is 11.9 Å². The number of benzene rings is 2. The summed E-state index contributed by atoms with van der Waals surface area (Å²) in [5.74, 6) is 0.217. The smallest absolute Gasteiger partial charge is 0.240 e. The Kier molecular flexibility index (Phi) is 5.74. The van der Waals surface area contributed by atoms with Crippen molar-refractivity contribution in [1.82, 2.24) is 4.72 Å². The maximum absolute atomic E-state index is 12.5. The van der Waals surface area contributed by atoms with Crippen LogP contribution in [-0.4, -0.2) is 27.0 Å². The second-order valence-corrected chi connectivity index (χ2v) is 8.90. The maximum atomic E-state index is 12.5. The second-order valence-electron chi connectivity index (χ2n) is 6.75. The minimum Gasteiger partial charge on any atom is -0.492 e. The van der Waals surface area contributed by atoms with Gasteiger partial charge in [0.2, 0.25) is 15.9 Å². The van der Waals surface area contributed by atoms with Crippen molar-refractivity contribution < 1.29 is 17.9 Å². The van der Waals surface area contributed by atoms with Crippen molar-refractivity contribution in [3.05, 3.63) is 53.1 Å². The number of carbonyl (C=O) groups is 1. The van der Waals surface area contributed by atoms with Crippen LogP contribution in [0.3, 0.4) is 0 Å². The predicted molar refractivity (Wildman–Crippen MR) is 105 cm³/mol. The molecule has 1 unspecified atom stereocenters. The Bertz CT molecular complexity index is 943. The minimum atomic E-state index is -3.56. The monoisotopic (exact) mass is 408 g/mol. The van der Waals surface area contributed by atoms with Crippen molar-refractivity contribution in [2.45, 2.75) is 31.2 Å². The number of halogens is 1. The molecule has 1 aliphatic rings. The molecule has 27 heavy (non-hydrogen) atoms. The highest BCUT2D eigenvalue weighted by Gasteiger charge is 2.26. The Balaban J connectivity index is 1.66. The van der Waals surface area contributed by atoms with E-state index >= 15 is 0 Å². The molecular formula is C19H21ClN2O4S. The Labute approximate surface area is 163 Å². The van der Waals surface area contributed by atoms with E-state index in [0.717, 1.165) is 11.3 Å². The van der Waals surface area contributed by atoms with Gasteiger partial charge in [-0.25, -0.2) is 13.1 Å². The molecule has 0 saturated carbocycles. The molecule has 2 aromatic rings. The lowest BCUT2D eigenvalue weighted by Gasteiger charge is -2.24. The lowest BCUT2D eigenvalue weighted by Crippen LogP contribution is -2.32. The Morgan fingerprint density at radius 3 is 2.56 bits per heavy atom. The second kappa shape index (κ2) is 7.88. The summed E-state index contributed by atoms with van der Waals surface area (Å²) in [6, 6.07) is 11.2. The molecule has 0 spiro atoms. The molecule has 2 N–H and O–H groups in total. The van der Waals surface area contributed by atoms with Gasteiger partial charge in [0.1, 0.15) is 12.4 Å². The van der Waals surface area contributed by atoms with Gasteiger partial charge in [-0.3, -0.25) is 4.79 Å². The van der Waals surface area contributed by atoms with E-state index in [1.165, 1.54) is 12.1 Å². The number of ether oxygens (including phenoxy) is 1. The predicted octanol–water partition coefficient (Wildman–Crippen LogP) is 3.22. The highest BCUT2D eigenvalue weighted by molar-refractivity contribution is 7.89. The first kappa shape index (κ1) is 19.7. The van der Waals surface area contributed by atoms with Gasteiger partial charge >= 0.3 is 0 Å². The zero-order valence-corrected chi connectivity index (χ0v) is 16.6. The lowest BCUT2D eigenvalue weighted by molar-refractivity contribution is -0.121. The van der Waals surface area contributed by atoms with E-state index in [-0.39, 0.29) is 29.4 Å². The van der Waals surface area contributed by atoms with Crippen molar-refractivity contribution in [3.8, 4) is 5.75 Å². The minimum absolute atomic E-state index is 0.152. The zero-order chi connectivity index (χ0) is 19.6. The largest absolute Gasteiger partial charge is 0.492 e. The summed E-state index contributed by atoms with van der Waals surface area (Å²) in [6.45, 7) is 3.79. The number of nitrogens with one attached hydrogen (secondary N) is 2. The highest BCUT2D eigenvalue weighted by Crippen LogP contribution is 2.30. The van der Waals surface area contributed by atoms with Gasteiger partial charge in [-0.15, -0.1) is 0 Å². The van der Waals surface area contributed by atoms with Gasteiger partial charge < -0.3 is 10.1 Å². The fourth-order valence-electron chi connectivity index (χ4n) is 2.87. The summed E-state index contributed by atoms with van der Waals surface area (Å²) in [7, 11) is -3.56. The van der Waals surface area contributed by atoms with Crippen LogP contribution in [0.1, 0.15) is 19.4 Å². The van der Waals surface area contributed by atoms with Crippen LogP contribution < -0.4 is 14.8 Å². The van der Waals surface area contributed by atoms with Gasteiger partial charge in [0, 0.05) is 16.8 Å². The number of hydrogen-bond acceptors (Lipinski definition) is 4. The molecular weight excluding hydrogens is 388 g/mol. The van der Waals surface area contributed by atoms with Gasteiger partial charge in [0.05, 0.1) is 10.8 Å². The summed E-state index contributed by atoms with van der Waals surface area (Å²) in [5, 5.41) is 3.41. The van der Waals surface area contributed by atoms with Gasteiger partial charge in [-0.05, 0) is 68.3 Å². The summed E-state index contributed by atoms with van der Waals surface area (Å²) < 4.78 is 32.4. The van der Waals surface area contributed by atoms with Crippen LogP contribution in [-0.2, 0) is 21.2 Å². The van der Waals surface area contributed by atoms with Crippen LogP contribution >= 0.6 is 11.6 Å². The summed E-state index contributed by atoms with van der Waals surface area (Å²) in [6.07, 6.45) is 0.534. The van der Waals surface area contributed by atoms with E-state index in [9.17, 15) is 13.2 Å². The van der Waals surface area contributed by atoms with Crippen LogP contribution in [0.5, 0.6) is 5.75 Å². The van der Waals surface area contributed by atoms with Crippen LogP contribution in [0.2, 0.25) is 5.02 Å². The average Bonchev–Trinajstić information content (AvgIpc) is 2.60. The lowest BCUT2D eigenvalue weighted by atomic mass is 9.96. The quantitative estimate of drug-likeness (QED) is 0.795. The number of sulfonamides is 1. The molecule has 2 aromatic carbocycles. The number of anilines is 1. The molecule has 0 radical (unpaired) electrons. The van der Waals surface area contributed by atoms with Crippen LogP contribution in [0, 0.1) is 5.92 Å². The van der Waals surface area contributed by atoms with Gasteiger partial charge in [0.25, 0.3) is 0 Å². The van der Waals surface area contributed by atoms with Crippen molar-refractivity contribution in [2.24, 2.45) is 5.92 Å². The Hall–Kier alpha value is -2.09. The molecule has 1 atom stereocenters. The van der Waals surface area contributed by atoms with Crippen LogP contribution in [0.4, 0.5) is 5.69 Å². The molecule has 0 bridgehead atoms. The third-order valence-corrected chi connectivity index (χ3v) is 6.03. The highest BCUT2D eigenvalue weighted by atomic mass is 35.5. The van der Waals surface area contributed by atoms with Gasteiger partial charge in [-0.1, -0.05) is 11.6 Å². The molecule has 144 valence electrons. The van der Waals surface area contributed by atoms with Gasteiger partial charge in [0.15, 0.2) is 0 Å². The fraction of sp³-hybridized carbons (Fsp3) is 0.316. The molecule has 0 saturated heterocycles. The molecule has 0 aromatic heterocycles. The fourth-order valence-corrected chi connectivity index (χ4v) is 4.32. The first-order valence-electron chi connectivity index (χ1n) is 8.59. The Morgan fingerprint density at radius 2 is 1.89 bits per heavy atom. The number of hydrogen-bond donors (Lipinski definition) is 2. The summed E-state index contributed by atoms with van der Waals surface area (Å²) in [5.41, 5.74) is 1.43. The van der Waals surface area contributed by atoms with Gasteiger partial charge in [-0.2, -0.15) is 0 Å². The molecule has 0 fully saturated rings.